The van der Waals surface area contributed by atoms with E-state index in [0.717, 1.165) is 25.7 Å². The largest absolute Gasteiger partial charge is 0.229 e. The topological polar surface area (TPSA) is 57.9 Å². The van der Waals surface area contributed by atoms with Gasteiger partial charge in [0.25, 0.3) is 0 Å². The van der Waals surface area contributed by atoms with E-state index in [9.17, 15) is 8.42 Å². The van der Waals surface area contributed by atoms with Crippen molar-refractivity contribution < 1.29 is 8.42 Å². The number of nitrogens with zero attached hydrogens (tertiary/aromatic N) is 1. The SMILES string of the molecule is CS(=O)(=O)CCCCCCC#N. The van der Waals surface area contributed by atoms with Crippen LogP contribution >= 0.6 is 0 Å². The Hall–Kier alpha value is -0.560. The van der Waals surface area contributed by atoms with Crippen molar-refractivity contribution in [2.45, 2.75) is 32.1 Å². The molecule has 0 amide bonds. The molecule has 0 rings (SSSR count). The first-order valence-electron chi connectivity index (χ1n) is 4.11. The van der Waals surface area contributed by atoms with Crippen LogP contribution in [0, 0.1) is 11.3 Å². The fourth-order valence-corrected chi connectivity index (χ4v) is 1.65. The van der Waals surface area contributed by atoms with Crippen molar-refractivity contribution >= 4 is 9.84 Å². The Morgan fingerprint density at radius 3 is 2.25 bits per heavy atom. The zero-order valence-corrected chi connectivity index (χ0v) is 8.23. The molecular formula is C8H15NO2S. The summed E-state index contributed by atoms with van der Waals surface area (Å²) in [6.07, 6.45) is 5.32. The van der Waals surface area contributed by atoms with E-state index in [1.54, 1.807) is 0 Å². The summed E-state index contributed by atoms with van der Waals surface area (Å²) in [5.74, 6) is 0.277. The zero-order chi connectivity index (χ0) is 9.45. The van der Waals surface area contributed by atoms with E-state index in [2.05, 4.69) is 6.07 Å². The normalized spacial score (nSPS) is 11.0. The first-order chi connectivity index (χ1) is 5.56. The summed E-state index contributed by atoms with van der Waals surface area (Å²) in [5.41, 5.74) is 0. The fraction of sp³-hybridized carbons (Fsp3) is 0.875. The molecule has 0 aromatic rings. The molecule has 0 N–H and O–H groups in total. The van der Waals surface area contributed by atoms with E-state index >= 15 is 0 Å². The molecule has 0 aliphatic carbocycles. The molecule has 0 saturated heterocycles. The van der Waals surface area contributed by atoms with Gasteiger partial charge in [-0.2, -0.15) is 5.26 Å². The Labute approximate surface area is 74.3 Å². The monoisotopic (exact) mass is 189 g/mol. The van der Waals surface area contributed by atoms with Crippen molar-refractivity contribution in [3.63, 3.8) is 0 Å². The predicted molar refractivity (Wildman–Crippen MR) is 48.4 cm³/mol. The van der Waals surface area contributed by atoms with Crippen molar-refractivity contribution in [1.29, 1.82) is 5.26 Å². The molecule has 0 heterocycles. The van der Waals surface area contributed by atoms with Crippen LogP contribution < -0.4 is 0 Å². The van der Waals surface area contributed by atoms with Crippen molar-refractivity contribution in [1.82, 2.24) is 0 Å². The van der Waals surface area contributed by atoms with Crippen LogP contribution in [0.15, 0.2) is 0 Å². The molecule has 0 radical (unpaired) electrons. The van der Waals surface area contributed by atoms with E-state index in [4.69, 9.17) is 5.26 Å². The van der Waals surface area contributed by atoms with Crippen LogP contribution in [0.3, 0.4) is 0 Å². The van der Waals surface area contributed by atoms with Gasteiger partial charge in [0.2, 0.25) is 0 Å². The Kier molecular flexibility index (Phi) is 5.73. The van der Waals surface area contributed by atoms with Gasteiger partial charge < -0.3 is 0 Å². The summed E-state index contributed by atoms with van der Waals surface area (Å²) in [7, 11) is -2.78. The molecule has 0 fully saturated rings. The molecule has 12 heavy (non-hydrogen) atoms. The Morgan fingerprint density at radius 2 is 1.75 bits per heavy atom. The third kappa shape index (κ3) is 9.44. The van der Waals surface area contributed by atoms with E-state index in [1.165, 1.54) is 6.26 Å². The van der Waals surface area contributed by atoms with Crippen LogP contribution in [0.25, 0.3) is 0 Å². The second-order valence-electron chi connectivity index (χ2n) is 2.95. The molecule has 0 aliphatic heterocycles. The van der Waals surface area contributed by atoms with E-state index in [1.807, 2.05) is 0 Å². The molecule has 0 saturated carbocycles. The van der Waals surface area contributed by atoms with Crippen LogP contribution in [0.1, 0.15) is 32.1 Å². The zero-order valence-electron chi connectivity index (χ0n) is 7.41. The molecule has 0 unspecified atom stereocenters. The summed E-state index contributed by atoms with van der Waals surface area (Å²) < 4.78 is 21.3. The average Bonchev–Trinajstić information content (AvgIpc) is 1.94. The number of rotatable bonds is 6. The number of hydrogen-bond acceptors (Lipinski definition) is 3. The second-order valence-corrected chi connectivity index (χ2v) is 5.21. The first-order valence-corrected chi connectivity index (χ1v) is 6.17. The maximum Gasteiger partial charge on any atom is 0.147 e. The third-order valence-electron chi connectivity index (χ3n) is 1.55. The number of sulfone groups is 1. The third-order valence-corrected chi connectivity index (χ3v) is 2.58. The smallest absolute Gasteiger partial charge is 0.147 e. The lowest BCUT2D eigenvalue weighted by molar-refractivity contribution is 0.593. The Morgan fingerprint density at radius 1 is 1.17 bits per heavy atom. The molecule has 0 bridgehead atoms. The Bertz CT molecular complexity index is 238. The quantitative estimate of drug-likeness (QED) is 0.595. The molecule has 0 aromatic carbocycles. The van der Waals surface area contributed by atoms with Crippen molar-refractivity contribution in [2.75, 3.05) is 12.0 Å². The number of nitriles is 1. The van der Waals surface area contributed by atoms with Gasteiger partial charge in [-0.3, -0.25) is 0 Å². The minimum Gasteiger partial charge on any atom is -0.229 e. The van der Waals surface area contributed by atoms with Gasteiger partial charge in [0.05, 0.1) is 6.07 Å². The van der Waals surface area contributed by atoms with Crippen LogP contribution in [0.4, 0.5) is 0 Å². The van der Waals surface area contributed by atoms with Crippen LogP contribution in [0.5, 0.6) is 0 Å². The highest BCUT2D eigenvalue weighted by molar-refractivity contribution is 7.90. The molecule has 4 heteroatoms. The highest BCUT2D eigenvalue weighted by Gasteiger charge is 2.00. The Balaban J connectivity index is 3.18. The second kappa shape index (κ2) is 6.01. The summed E-state index contributed by atoms with van der Waals surface area (Å²) in [6, 6.07) is 2.06. The summed E-state index contributed by atoms with van der Waals surface area (Å²) in [4.78, 5) is 0. The molecule has 0 atom stereocenters. The minimum absolute atomic E-state index is 0.277. The maximum atomic E-state index is 10.7. The molecule has 3 nitrogen and oxygen atoms in total. The highest BCUT2D eigenvalue weighted by Crippen LogP contribution is 2.03. The van der Waals surface area contributed by atoms with Gasteiger partial charge in [0.1, 0.15) is 9.84 Å². The highest BCUT2D eigenvalue weighted by atomic mass is 32.2. The van der Waals surface area contributed by atoms with Gasteiger partial charge in [-0.15, -0.1) is 0 Å². The average molecular weight is 189 g/mol. The standard InChI is InChI=1S/C8H15NO2S/c1-12(10,11)8-6-4-2-3-5-7-9/h2-6,8H2,1H3. The number of hydrogen-bond donors (Lipinski definition) is 0. The van der Waals surface area contributed by atoms with Crippen molar-refractivity contribution in [3.8, 4) is 6.07 Å². The van der Waals surface area contributed by atoms with Gasteiger partial charge in [-0.25, -0.2) is 8.42 Å². The molecule has 0 aromatic heterocycles. The van der Waals surface area contributed by atoms with Crippen LogP contribution in [0.2, 0.25) is 0 Å². The molecule has 70 valence electrons. The minimum atomic E-state index is -2.78. The number of unbranched alkanes of at least 4 members (excludes halogenated alkanes) is 4. The molecule has 0 aliphatic rings. The summed E-state index contributed by atoms with van der Waals surface area (Å²) in [5, 5.41) is 8.21. The fourth-order valence-electron chi connectivity index (χ4n) is 0.922. The van der Waals surface area contributed by atoms with Gasteiger partial charge in [-0.1, -0.05) is 12.8 Å². The molecule has 0 spiro atoms. The van der Waals surface area contributed by atoms with Crippen molar-refractivity contribution in [2.24, 2.45) is 0 Å². The van der Waals surface area contributed by atoms with E-state index in [-0.39, 0.29) is 5.75 Å². The summed E-state index contributed by atoms with van der Waals surface area (Å²) in [6.45, 7) is 0. The molecular weight excluding hydrogens is 174 g/mol. The van der Waals surface area contributed by atoms with E-state index in [0.29, 0.717) is 6.42 Å². The predicted octanol–water partition coefficient (Wildman–Crippen LogP) is 1.51. The van der Waals surface area contributed by atoms with Crippen LogP contribution in [-0.2, 0) is 9.84 Å². The summed E-state index contributed by atoms with van der Waals surface area (Å²) >= 11 is 0. The van der Waals surface area contributed by atoms with Crippen molar-refractivity contribution in [3.05, 3.63) is 0 Å². The van der Waals surface area contributed by atoms with Gasteiger partial charge >= 0.3 is 0 Å². The lowest BCUT2D eigenvalue weighted by Crippen LogP contribution is -2.02. The van der Waals surface area contributed by atoms with E-state index < -0.39 is 9.84 Å². The van der Waals surface area contributed by atoms with Crippen LogP contribution in [-0.4, -0.2) is 20.4 Å². The van der Waals surface area contributed by atoms with Gasteiger partial charge in [0.15, 0.2) is 0 Å². The lowest BCUT2D eigenvalue weighted by atomic mass is 10.2. The lowest BCUT2D eigenvalue weighted by Gasteiger charge is -1.97. The van der Waals surface area contributed by atoms with Gasteiger partial charge in [-0.05, 0) is 12.8 Å². The first kappa shape index (κ1) is 11.4. The van der Waals surface area contributed by atoms with Gasteiger partial charge in [0, 0.05) is 18.4 Å². The maximum absolute atomic E-state index is 10.7.